The third-order valence-electron chi connectivity index (χ3n) is 7.55. The summed E-state index contributed by atoms with van der Waals surface area (Å²) in [6.07, 6.45) is 3.70. The van der Waals surface area contributed by atoms with E-state index in [2.05, 4.69) is 29.9 Å². The van der Waals surface area contributed by atoms with Gasteiger partial charge in [0.2, 0.25) is 5.91 Å². The Balaban J connectivity index is 1.24. The first-order valence-electron chi connectivity index (χ1n) is 13.3. The summed E-state index contributed by atoms with van der Waals surface area (Å²) in [5.41, 5.74) is 2.88. The molecular formula is C29H37ClN2O5S. The Bertz CT molecular complexity index is 1050. The van der Waals surface area contributed by atoms with Gasteiger partial charge in [0, 0.05) is 40.9 Å². The van der Waals surface area contributed by atoms with Crippen molar-refractivity contribution in [1.29, 1.82) is 0 Å². The third kappa shape index (κ3) is 7.73. The molecule has 0 aromatic heterocycles. The van der Waals surface area contributed by atoms with Crippen LogP contribution in [0, 0.1) is 5.92 Å². The predicted octanol–water partition coefficient (Wildman–Crippen LogP) is 4.59. The minimum absolute atomic E-state index is 0.0307. The van der Waals surface area contributed by atoms with Crippen molar-refractivity contribution in [1.82, 2.24) is 4.90 Å². The highest BCUT2D eigenvalue weighted by atomic mass is 35.5. The lowest BCUT2D eigenvalue weighted by Crippen LogP contribution is -2.49. The van der Waals surface area contributed by atoms with E-state index in [1.807, 2.05) is 48.5 Å². The predicted molar refractivity (Wildman–Crippen MR) is 152 cm³/mol. The van der Waals surface area contributed by atoms with E-state index in [0.29, 0.717) is 55.4 Å². The first-order chi connectivity index (χ1) is 18.5. The summed E-state index contributed by atoms with van der Waals surface area (Å²) in [7, 11) is 2.13. The lowest BCUT2D eigenvalue weighted by atomic mass is 9.76. The van der Waals surface area contributed by atoms with Crippen molar-refractivity contribution >= 4 is 41.8 Å². The molecule has 2 aliphatic rings. The van der Waals surface area contributed by atoms with E-state index < -0.39 is 0 Å². The summed E-state index contributed by atoms with van der Waals surface area (Å²) in [5, 5.41) is 3.52. The number of piperidine rings is 1. The van der Waals surface area contributed by atoms with Gasteiger partial charge < -0.3 is 19.5 Å². The molecule has 38 heavy (non-hydrogen) atoms. The second kappa shape index (κ2) is 14.3. The summed E-state index contributed by atoms with van der Waals surface area (Å²) in [6, 6.07) is 16.2. The SMILES string of the molecule is CN1C2CC[C@@H]1CC(c1ccc(Cl)cc1)C2C(=O)OCCc1ccc(NC(=O)COCCOCCS)cc1. The molecule has 206 valence electrons. The fraction of sp³-hybridized carbons (Fsp3) is 0.517. The van der Waals surface area contributed by atoms with Gasteiger partial charge in [0.1, 0.15) is 6.61 Å². The van der Waals surface area contributed by atoms with Gasteiger partial charge >= 0.3 is 5.97 Å². The van der Waals surface area contributed by atoms with Crippen LogP contribution in [-0.4, -0.2) is 74.7 Å². The number of hydrogen-bond donors (Lipinski definition) is 2. The van der Waals surface area contributed by atoms with Crippen molar-refractivity contribution in [2.24, 2.45) is 5.92 Å². The lowest BCUT2D eigenvalue weighted by molar-refractivity contribution is -0.153. The van der Waals surface area contributed by atoms with Gasteiger partial charge in [-0.05, 0) is 61.7 Å². The Morgan fingerprint density at radius 3 is 2.47 bits per heavy atom. The average Bonchev–Trinajstić information content (AvgIpc) is 3.14. The first-order valence-corrected chi connectivity index (χ1v) is 14.3. The fourth-order valence-electron chi connectivity index (χ4n) is 5.61. The van der Waals surface area contributed by atoms with Crippen LogP contribution >= 0.6 is 24.2 Å². The van der Waals surface area contributed by atoms with Crippen molar-refractivity contribution in [2.75, 3.05) is 51.2 Å². The molecule has 9 heteroatoms. The number of carbonyl (C=O) groups is 2. The average molecular weight is 561 g/mol. The zero-order valence-corrected chi connectivity index (χ0v) is 23.5. The molecule has 0 aliphatic carbocycles. The van der Waals surface area contributed by atoms with Crippen LogP contribution in [0.5, 0.6) is 0 Å². The molecule has 2 aliphatic heterocycles. The first kappa shape index (κ1) is 28.9. The molecular weight excluding hydrogens is 524 g/mol. The van der Waals surface area contributed by atoms with Crippen LogP contribution in [0.2, 0.25) is 5.02 Å². The molecule has 1 N–H and O–H groups in total. The molecule has 2 aromatic carbocycles. The van der Waals surface area contributed by atoms with Crippen molar-refractivity contribution in [2.45, 2.75) is 43.7 Å². The van der Waals surface area contributed by atoms with Crippen LogP contribution in [0.4, 0.5) is 5.69 Å². The summed E-state index contributed by atoms with van der Waals surface area (Å²) < 4.78 is 16.4. The lowest BCUT2D eigenvalue weighted by Gasteiger charge is -2.42. The maximum atomic E-state index is 13.4. The van der Waals surface area contributed by atoms with Crippen LogP contribution in [-0.2, 0) is 30.2 Å². The highest BCUT2D eigenvalue weighted by Gasteiger charge is 2.49. The molecule has 1 amide bonds. The standard InChI is InChI=1S/C29H37ClN2O5S/c1-32-24-10-11-26(32)28(25(18-24)21-4-6-22(30)7-5-21)29(34)37-13-12-20-2-8-23(9-3-20)31-27(33)19-36-15-14-35-16-17-38/h2-9,24-26,28,38H,10-19H2,1H3,(H,31,33)/t24-,25?,26?,28?/m1/s1. The van der Waals surface area contributed by atoms with Gasteiger partial charge in [-0.15, -0.1) is 0 Å². The number of ether oxygens (including phenoxy) is 3. The molecule has 2 aromatic rings. The molecule has 4 atom stereocenters. The van der Waals surface area contributed by atoms with Gasteiger partial charge in [0.25, 0.3) is 0 Å². The molecule has 3 unspecified atom stereocenters. The number of rotatable bonds is 13. The van der Waals surface area contributed by atoms with E-state index >= 15 is 0 Å². The number of fused-ring (bicyclic) bond motifs is 2. The smallest absolute Gasteiger partial charge is 0.311 e. The quantitative estimate of drug-likeness (QED) is 0.212. The Kier molecular flexibility index (Phi) is 10.9. The van der Waals surface area contributed by atoms with Crippen molar-refractivity contribution in [3.05, 3.63) is 64.7 Å². The van der Waals surface area contributed by atoms with Crippen molar-refractivity contribution < 1.29 is 23.8 Å². The molecule has 7 nitrogen and oxygen atoms in total. The second-order valence-electron chi connectivity index (χ2n) is 9.93. The minimum atomic E-state index is -0.220. The topological polar surface area (TPSA) is 77.1 Å². The second-order valence-corrected chi connectivity index (χ2v) is 10.8. The van der Waals surface area contributed by atoms with E-state index in [0.717, 1.165) is 30.4 Å². The molecule has 2 heterocycles. The summed E-state index contributed by atoms with van der Waals surface area (Å²) in [5.74, 6) is 0.266. The number of thiol groups is 1. The van der Waals surface area contributed by atoms with Gasteiger partial charge in [0.05, 0.1) is 32.3 Å². The Labute approximate surface area is 235 Å². The fourth-order valence-corrected chi connectivity index (χ4v) is 5.86. The van der Waals surface area contributed by atoms with Gasteiger partial charge in [0.15, 0.2) is 0 Å². The van der Waals surface area contributed by atoms with Crippen LogP contribution < -0.4 is 5.32 Å². The number of nitrogens with zero attached hydrogens (tertiary/aromatic N) is 1. The number of benzene rings is 2. The van der Waals surface area contributed by atoms with Crippen molar-refractivity contribution in [3.8, 4) is 0 Å². The minimum Gasteiger partial charge on any atom is -0.465 e. The highest BCUT2D eigenvalue weighted by Crippen LogP contribution is 2.46. The summed E-state index contributed by atoms with van der Waals surface area (Å²) in [6.45, 7) is 1.65. The number of esters is 1. The maximum absolute atomic E-state index is 13.4. The molecule has 2 bridgehead atoms. The molecule has 2 saturated heterocycles. The van der Waals surface area contributed by atoms with E-state index in [-0.39, 0.29) is 36.4 Å². The third-order valence-corrected chi connectivity index (χ3v) is 7.99. The van der Waals surface area contributed by atoms with E-state index in [9.17, 15) is 9.59 Å². The largest absolute Gasteiger partial charge is 0.465 e. The number of carbonyl (C=O) groups excluding carboxylic acids is 2. The molecule has 2 fully saturated rings. The number of nitrogens with one attached hydrogen (secondary N) is 1. The van der Waals surface area contributed by atoms with E-state index in [1.54, 1.807) is 0 Å². The molecule has 0 saturated carbocycles. The monoisotopic (exact) mass is 560 g/mol. The molecule has 0 spiro atoms. The number of amides is 1. The molecule has 4 rings (SSSR count). The summed E-state index contributed by atoms with van der Waals surface area (Å²) in [4.78, 5) is 27.8. The van der Waals surface area contributed by atoms with Gasteiger partial charge in [-0.25, -0.2) is 0 Å². The van der Waals surface area contributed by atoms with Gasteiger partial charge in [-0.3, -0.25) is 14.5 Å². The Morgan fingerprint density at radius 2 is 1.74 bits per heavy atom. The zero-order valence-electron chi connectivity index (χ0n) is 21.8. The highest BCUT2D eigenvalue weighted by molar-refractivity contribution is 7.80. The van der Waals surface area contributed by atoms with Crippen LogP contribution in [0.1, 0.15) is 36.3 Å². The maximum Gasteiger partial charge on any atom is 0.311 e. The number of hydrogen-bond acceptors (Lipinski definition) is 7. The Morgan fingerprint density at radius 1 is 1.00 bits per heavy atom. The molecule has 0 radical (unpaired) electrons. The van der Waals surface area contributed by atoms with Crippen LogP contribution in [0.15, 0.2) is 48.5 Å². The zero-order chi connectivity index (χ0) is 26.9. The van der Waals surface area contributed by atoms with Crippen LogP contribution in [0.25, 0.3) is 0 Å². The summed E-state index contributed by atoms with van der Waals surface area (Å²) >= 11 is 10.2. The Hall–Kier alpha value is -2.10. The number of halogens is 1. The number of anilines is 1. The van der Waals surface area contributed by atoms with Gasteiger partial charge in [-0.1, -0.05) is 35.9 Å². The normalized spacial score (nSPS) is 22.8. The van der Waals surface area contributed by atoms with Gasteiger partial charge in [-0.2, -0.15) is 12.6 Å². The van der Waals surface area contributed by atoms with Crippen LogP contribution in [0.3, 0.4) is 0 Å². The van der Waals surface area contributed by atoms with E-state index in [4.69, 9.17) is 25.8 Å². The van der Waals surface area contributed by atoms with Crippen molar-refractivity contribution in [3.63, 3.8) is 0 Å². The van der Waals surface area contributed by atoms with E-state index in [1.165, 1.54) is 0 Å².